The van der Waals surface area contributed by atoms with Crippen LogP contribution in [-0.4, -0.2) is 43.0 Å². The van der Waals surface area contributed by atoms with Crippen molar-refractivity contribution >= 4 is 17.8 Å². The number of benzene rings is 2. The van der Waals surface area contributed by atoms with E-state index >= 15 is 0 Å². The first-order valence-corrected chi connectivity index (χ1v) is 12.2. The van der Waals surface area contributed by atoms with Crippen LogP contribution in [0.2, 0.25) is 0 Å². The standard InChI is InChI=1S/C29H38N4O3/c1-20(2)36-27-12-11-23(16-24(27)17-30)28(35)33-25(13-14-34)15-21-7-9-22(10-8-21)26(18-31-6)32-19-29(3,4)5/h7-12,16,18-20,25,31,34H,13-15H2,1-6H3,(H,33,35)/b26-18-,32-19?/t25-/m1/s1. The molecule has 0 saturated heterocycles. The molecule has 0 aliphatic carbocycles. The van der Waals surface area contributed by atoms with Gasteiger partial charge in [-0.2, -0.15) is 5.26 Å². The van der Waals surface area contributed by atoms with Crippen molar-refractivity contribution in [2.45, 2.75) is 59.6 Å². The summed E-state index contributed by atoms with van der Waals surface area (Å²) >= 11 is 0. The summed E-state index contributed by atoms with van der Waals surface area (Å²) in [6, 6.07) is 14.7. The fourth-order valence-electron chi connectivity index (χ4n) is 3.46. The number of aliphatic imine (C=N–C) groups is 1. The molecular weight excluding hydrogens is 452 g/mol. The van der Waals surface area contributed by atoms with E-state index in [0.29, 0.717) is 29.7 Å². The molecule has 0 unspecified atom stereocenters. The fourth-order valence-corrected chi connectivity index (χ4v) is 3.46. The topological polar surface area (TPSA) is 107 Å². The van der Waals surface area contributed by atoms with Gasteiger partial charge < -0.3 is 20.5 Å². The van der Waals surface area contributed by atoms with Crippen molar-refractivity contribution < 1.29 is 14.6 Å². The Bertz CT molecular complexity index is 1110. The number of nitrogens with zero attached hydrogens (tertiary/aromatic N) is 2. The molecule has 2 aromatic carbocycles. The van der Waals surface area contributed by atoms with Crippen LogP contribution in [0.25, 0.3) is 5.70 Å². The summed E-state index contributed by atoms with van der Waals surface area (Å²) in [6.07, 6.45) is 4.68. The lowest BCUT2D eigenvalue weighted by atomic mass is 9.98. The van der Waals surface area contributed by atoms with Crippen molar-refractivity contribution in [3.05, 3.63) is 70.9 Å². The normalized spacial score (nSPS) is 12.9. The third-order valence-corrected chi connectivity index (χ3v) is 5.14. The maximum Gasteiger partial charge on any atom is 0.251 e. The van der Waals surface area contributed by atoms with Gasteiger partial charge in [0.15, 0.2) is 0 Å². The molecular formula is C29H38N4O3. The molecule has 0 bridgehead atoms. The Labute approximate surface area is 214 Å². The van der Waals surface area contributed by atoms with E-state index in [1.165, 1.54) is 6.07 Å². The Morgan fingerprint density at radius 1 is 1.17 bits per heavy atom. The second-order valence-corrected chi connectivity index (χ2v) is 10.0. The van der Waals surface area contributed by atoms with Gasteiger partial charge in [-0.25, -0.2) is 0 Å². The van der Waals surface area contributed by atoms with E-state index in [0.717, 1.165) is 16.8 Å². The molecule has 36 heavy (non-hydrogen) atoms. The van der Waals surface area contributed by atoms with Gasteiger partial charge in [-0.1, -0.05) is 45.0 Å². The number of aliphatic hydroxyl groups is 1. The molecule has 2 rings (SSSR count). The van der Waals surface area contributed by atoms with Crippen LogP contribution in [0.3, 0.4) is 0 Å². The Morgan fingerprint density at radius 2 is 1.83 bits per heavy atom. The second-order valence-electron chi connectivity index (χ2n) is 10.0. The van der Waals surface area contributed by atoms with Crippen LogP contribution in [-0.2, 0) is 6.42 Å². The molecule has 7 nitrogen and oxygen atoms in total. The summed E-state index contributed by atoms with van der Waals surface area (Å²) in [4.78, 5) is 17.6. The molecule has 2 aromatic rings. The molecule has 192 valence electrons. The minimum atomic E-state index is -0.298. The number of nitrogens with one attached hydrogen (secondary N) is 2. The molecule has 0 heterocycles. The monoisotopic (exact) mass is 490 g/mol. The van der Waals surface area contributed by atoms with E-state index in [9.17, 15) is 15.2 Å². The molecule has 1 amide bonds. The number of rotatable bonds is 11. The molecule has 1 atom stereocenters. The smallest absolute Gasteiger partial charge is 0.251 e. The van der Waals surface area contributed by atoms with Crippen LogP contribution >= 0.6 is 0 Å². The lowest BCUT2D eigenvalue weighted by Crippen LogP contribution is -2.37. The van der Waals surface area contributed by atoms with E-state index in [1.54, 1.807) is 12.1 Å². The number of hydrogen-bond donors (Lipinski definition) is 3. The van der Waals surface area contributed by atoms with Crippen molar-refractivity contribution in [3.63, 3.8) is 0 Å². The highest BCUT2D eigenvalue weighted by Crippen LogP contribution is 2.22. The first-order chi connectivity index (χ1) is 17.1. The second kappa shape index (κ2) is 13.5. The lowest BCUT2D eigenvalue weighted by Gasteiger charge is -2.19. The SMILES string of the molecule is CN/C=C(\N=CC(C)(C)C)c1ccc(C[C@@H](CCO)NC(=O)c2ccc(OC(C)C)c(C#N)c2)cc1. The fraction of sp³-hybridized carbons (Fsp3) is 0.414. The van der Waals surface area contributed by atoms with Gasteiger partial charge in [0, 0.05) is 43.2 Å². The molecule has 0 aliphatic rings. The van der Waals surface area contributed by atoms with Gasteiger partial charge in [0.05, 0.1) is 17.4 Å². The molecule has 0 aromatic heterocycles. The highest BCUT2D eigenvalue weighted by atomic mass is 16.5. The van der Waals surface area contributed by atoms with Gasteiger partial charge >= 0.3 is 0 Å². The van der Waals surface area contributed by atoms with Crippen LogP contribution < -0.4 is 15.4 Å². The molecule has 0 saturated carbocycles. The summed E-state index contributed by atoms with van der Waals surface area (Å²) in [5.41, 5.74) is 3.49. The molecule has 0 fully saturated rings. The number of nitriles is 1. The summed E-state index contributed by atoms with van der Waals surface area (Å²) in [5, 5.41) is 25.1. The number of amides is 1. The van der Waals surface area contributed by atoms with Gasteiger partial charge in [0.2, 0.25) is 0 Å². The number of aliphatic hydroxyl groups excluding tert-OH is 1. The number of carbonyl (C=O) groups is 1. The van der Waals surface area contributed by atoms with Gasteiger partial charge in [0.25, 0.3) is 5.91 Å². The number of hydrogen-bond acceptors (Lipinski definition) is 6. The lowest BCUT2D eigenvalue weighted by molar-refractivity contribution is 0.0930. The summed E-state index contributed by atoms with van der Waals surface area (Å²) in [7, 11) is 1.84. The zero-order chi connectivity index (χ0) is 26.7. The van der Waals surface area contributed by atoms with Crippen molar-refractivity contribution in [1.29, 1.82) is 5.26 Å². The van der Waals surface area contributed by atoms with Gasteiger partial charge in [-0.15, -0.1) is 0 Å². The summed E-state index contributed by atoms with van der Waals surface area (Å²) in [5.74, 6) is 0.156. The van der Waals surface area contributed by atoms with E-state index < -0.39 is 0 Å². The van der Waals surface area contributed by atoms with Crippen LogP contribution in [0.4, 0.5) is 0 Å². The van der Waals surface area contributed by atoms with Crippen molar-refractivity contribution in [1.82, 2.24) is 10.6 Å². The predicted molar refractivity (Wildman–Crippen MR) is 145 cm³/mol. The first kappa shape index (κ1) is 28.6. The van der Waals surface area contributed by atoms with E-state index in [2.05, 4.69) is 42.5 Å². The van der Waals surface area contributed by atoms with Crippen molar-refractivity contribution in [2.75, 3.05) is 13.7 Å². The predicted octanol–water partition coefficient (Wildman–Crippen LogP) is 4.70. The van der Waals surface area contributed by atoms with Gasteiger partial charge in [-0.3, -0.25) is 9.79 Å². The Hall–Kier alpha value is -3.63. The largest absolute Gasteiger partial charge is 0.490 e. The first-order valence-electron chi connectivity index (χ1n) is 12.2. The highest BCUT2D eigenvalue weighted by Gasteiger charge is 2.17. The van der Waals surface area contributed by atoms with Gasteiger partial charge in [-0.05, 0) is 55.9 Å². The summed E-state index contributed by atoms with van der Waals surface area (Å²) in [6.45, 7) is 10.0. The molecule has 0 aliphatic heterocycles. The average Bonchev–Trinajstić information content (AvgIpc) is 2.81. The minimum absolute atomic E-state index is 0.0295. The van der Waals surface area contributed by atoms with Crippen LogP contribution in [0, 0.1) is 16.7 Å². The van der Waals surface area contributed by atoms with E-state index in [1.807, 2.05) is 57.6 Å². The average molecular weight is 491 g/mol. The molecule has 0 spiro atoms. The van der Waals surface area contributed by atoms with Crippen molar-refractivity contribution in [2.24, 2.45) is 10.4 Å². The number of carbonyl (C=O) groups excluding carboxylic acids is 1. The Morgan fingerprint density at radius 3 is 2.39 bits per heavy atom. The molecule has 7 heteroatoms. The van der Waals surface area contributed by atoms with Gasteiger partial charge in [0.1, 0.15) is 11.8 Å². The Balaban J connectivity index is 2.15. The Kier molecular flexibility index (Phi) is 10.7. The third-order valence-electron chi connectivity index (χ3n) is 5.14. The van der Waals surface area contributed by atoms with Crippen LogP contribution in [0.5, 0.6) is 5.75 Å². The number of ether oxygens (including phenoxy) is 1. The van der Waals surface area contributed by atoms with E-state index in [-0.39, 0.29) is 30.1 Å². The maximum absolute atomic E-state index is 12.9. The highest BCUT2D eigenvalue weighted by molar-refractivity contribution is 5.95. The van der Waals surface area contributed by atoms with Crippen molar-refractivity contribution in [3.8, 4) is 11.8 Å². The maximum atomic E-state index is 12.9. The molecule has 0 radical (unpaired) electrons. The zero-order valence-electron chi connectivity index (χ0n) is 22.1. The van der Waals surface area contributed by atoms with E-state index in [4.69, 9.17) is 4.74 Å². The minimum Gasteiger partial charge on any atom is -0.490 e. The third kappa shape index (κ3) is 9.20. The molecule has 3 N–H and O–H groups in total. The van der Waals surface area contributed by atoms with Crippen LogP contribution in [0.1, 0.15) is 68.1 Å². The summed E-state index contributed by atoms with van der Waals surface area (Å²) < 4.78 is 5.64. The van der Waals surface area contributed by atoms with Crippen LogP contribution in [0.15, 0.2) is 53.7 Å². The zero-order valence-corrected chi connectivity index (χ0v) is 22.1. The quantitative estimate of drug-likeness (QED) is 0.396.